The molecule has 2 aliphatic heterocycles. The molecule has 2 fully saturated rings. The van der Waals surface area contributed by atoms with E-state index in [1.54, 1.807) is 0 Å². The largest absolute Gasteiger partial charge is 2.00 e. The van der Waals surface area contributed by atoms with Crippen molar-refractivity contribution in [2.75, 3.05) is 13.1 Å². The minimum atomic E-state index is -0.737. The zero-order chi connectivity index (χ0) is 12.0. The van der Waals surface area contributed by atoms with Gasteiger partial charge in [0.2, 0.25) is 0 Å². The number of rotatable bonds is 0. The fourth-order valence-corrected chi connectivity index (χ4v) is 1.34. The molecule has 0 aromatic heterocycles. The Hall–Kier alpha value is 0.922. The van der Waals surface area contributed by atoms with E-state index in [4.69, 9.17) is 21.7 Å². The van der Waals surface area contributed by atoms with E-state index in [1.165, 1.54) is 0 Å². The summed E-state index contributed by atoms with van der Waals surface area (Å²) in [4.78, 5) is 0. The quantitative estimate of drug-likeness (QED) is 0.219. The van der Waals surface area contributed by atoms with Crippen LogP contribution in [0.1, 0.15) is 12.8 Å². The summed E-state index contributed by atoms with van der Waals surface area (Å²) in [5, 5.41) is 30.3. The van der Waals surface area contributed by atoms with Gasteiger partial charge in [0.25, 0.3) is 0 Å². The molecule has 0 radical (unpaired) electrons. The molecule has 19 heavy (non-hydrogen) atoms. The van der Waals surface area contributed by atoms with Crippen LogP contribution in [0.2, 0.25) is 0 Å². The second kappa shape index (κ2) is 13.9. The fourth-order valence-electron chi connectivity index (χ4n) is 1.34. The summed E-state index contributed by atoms with van der Waals surface area (Å²) in [5.74, 6) is 0. The number of nitrogens with zero attached hydrogens (tertiary/aromatic N) is 2. The Labute approximate surface area is 139 Å². The Bertz CT molecular complexity index is 174. The van der Waals surface area contributed by atoms with Gasteiger partial charge in [0.05, 0.1) is 0 Å². The van der Waals surface area contributed by atoms with E-state index < -0.39 is 12.7 Å². The maximum absolute atomic E-state index is 8.72. The number of hydrogen-bond donors (Lipinski definition) is 6. The zero-order valence-corrected chi connectivity index (χ0v) is 13.2. The van der Waals surface area contributed by atoms with Crippen LogP contribution in [0.5, 0.6) is 0 Å². The van der Waals surface area contributed by atoms with Gasteiger partial charge in [0.1, 0.15) is 0 Å². The van der Waals surface area contributed by atoms with E-state index in [0.29, 0.717) is 0 Å². The van der Waals surface area contributed by atoms with Crippen molar-refractivity contribution in [2.24, 2.45) is 11.5 Å². The van der Waals surface area contributed by atoms with Gasteiger partial charge in [-0.05, 0) is 25.9 Å². The van der Waals surface area contributed by atoms with Crippen molar-refractivity contribution in [2.45, 2.75) is 37.9 Å². The maximum atomic E-state index is 8.72. The van der Waals surface area contributed by atoms with Crippen LogP contribution in [0.3, 0.4) is 0 Å². The first-order chi connectivity index (χ1) is 7.58. The van der Waals surface area contributed by atoms with E-state index >= 15 is 0 Å². The normalized spacial score (nSPS) is 33.5. The topological polar surface area (TPSA) is 145 Å². The van der Waals surface area contributed by atoms with Crippen LogP contribution in [0.25, 0.3) is 10.6 Å². The molecule has 0 aromatic rings. The van der Waals surface area contributed by atoms with Crippen molar-refractivity contribution in [1.82, 2.24) is 10.6 Å². The monoisotopic (exact) mass is 408 g/mol. The van der Waals surface area contributed by atoms with Gasteiger partial charge in [-0.15, -0.1) is 0 Å². The first kappa shape index (κ1) is 24.9. The van der Waals surface area contributed by atoms with Crippen molar-refractivity contribution < 1.29 is 55.4 Å². The van der Waals surface area contributed by atoms with Crippen LogP contribution < -0.4 is 46.9 Å². The molecule has 0 saturated carbocycles. The maximum Gasteiger partial charge on any atom is 2.00 e. The van der Waals surface area contributed by atoms with Crippen molar-refractivity contribution in [3.05, 3.63) is 10.6 Å². The van der Waals surface area contributed by atoms with Crippen molar-refractivity contribution >= 4 is 0 Å². The van der Waals surface area contributed by atoms with Crippen LogP contribution >= 0.6 is 0 Å². The molecule has 2 saturated heterocycles. The summed E-state index contributed by atoms with van der Waals surface area (Å²) in [7, 11) is 0. The number of halogens is 2. The van der Waals surface area contributed by atoms with Gasteiger partial charge in [-0.3, -0.25) is 0 Å². The van der Waals surface area contributed by atoms with Crippen LogP contribution in [-0.2, 0) is 20.4 Å². The van der Waals surface area contributed by atoms with Gasteiger partial charge in [0, 0.05) is 12.7 Å². The van der Waals surface area contributed by atoms with Crippen molar-refractivity contribution in [3.63, 3.8) is 0 Å². The standard InChI is InChI=1S/2C4H10N3O.2ClH.Pd/c2*5-3-1-2-6-4(8)7-3;;;/h2*3-4,6,8H,1-2,5H2;2*1H;/q2*-1;;;+2/p-2. The third-order valence-electron chi connectivity index (χ3n) is 2.20. The molecule has 0 spiro atoms. The van der Waals surface area contributed by atoms with E-state index in [1.807, 2.05) is 0 Å². The molecule has 11 heteroatoms. The number of nitrogens with one attached hydrogen (secondary N) is 2. The minimum absolute atomic E-state index is 0. The minimum Gasteiger partial charge on any atom is -1.00 e. The Morgan fingerprint density at radius 1 is 0.842 bits per heavy atom. The first-order valence-electron chi connectivity index (χ1n) is 5.32. The van der Waals surface area contributed by atoms with E-state index in [9.17, 15) is 0 Å². The summed E-state index contributed by atoms with van der Waals surface area (Å²) >= 11 is 0. The van der Waals surface area contributed by atoms with Crippen LogP contribution in [0, 0.1) is 0 Å². The molecular formula is C8H20Cl2N6O2Pd-2. The Kier molecular flexibility index (Phi) is 18.2. The first-order valence-corrected chi connectivity index (χ1v) is 5.32. The molecule has 0 amide bonds. The second-order valence-corrected chi connectivity index (χ2v) is 3.67. The summed E-state index contributed by atoms with van der Waals surface area (Å²) in [6.07, 6.45) is -0.191. The molecule has 8 nitrogen and oxygen atoms in total. The molecule has 8 N–H and O–H groups in total. The van der Waals surface area contributed by atoms with Gasteiger partial charge >= 0.3 is 20.4 Å². The third kappa shape index (κ3) is 12.4. The Balaban J connectivity index is -0.000000233. The molecule has 0 aromatic carbocycles. The third-order valence-corrected chi connectivity index (χ3v) is 2.20. The number of aliphatic hydroxyl groups is 2. The van der Waals surface area contributed by atoms with Crippen molar-refractivity contribution in [3.8, 4) is 0 Å². The predicted molar refractivity (Wildman–Crippen MR) is 59.9 cm³/mol. The van der Waals surface area contributed by atoms with Crippen molar-refractivity contribution in [1.29, 1.82) is 0 Å². The SMILES string of the molecule is NC1CCNC(O)[N-]1.NC1CCNC(O)[N-]1.[Cl-].[Cl-].[Pd+2]. The van der Waals surface area contributed by atoms with E-state index in [0.717, 1.165) is 25.9 Å². The van der Waals surface area contributed by atoms with Gasteiger partial charge in [0.15, 0.2) is 0 Å². The predicted octanol–water partition coefficient (Wildman–Crippen LogP) is -8.17. The molecule has 0 bridgehead atoms. The summed E-state index contributed by atoms with van der Waals surface area (Å²) in [6.45, 7) is 1.51. The molecule has 2 heterocycles. The Morgan fingerprint density at radius 3 is 1.32 bits per heavy atom. The van der Waals surface area contributed by atoms with Gasteiger partial charge < -0.3 is 67.8 Å². The average molecular weight is 410 g/mol. The second-order valence-electron chi connectivity index (χ2n) is 3.67. The molecular weight excluding hydrogens is 389 g/mol. The molecule has 120 valence electrons. The van der Waals surface area contributed by atoms with Crippen LogP contribution in [-0.4, -0.2) is 48.3 Å². The van der Waals surface area contributed by atoms with Crippen LogP contribution in [0.15, 0.2) is 0 Å². The fraction of sp³-hybridized carbons (Fsp3) is 1.00. The summed E-state index contributed by atoms with van der Waals surface area (Å²) in [5.41, 5.74) is 10.7. The van der Waals surface area contributed by atoms with Gasteiger partial charge in [-0.25, -0.2) is 0 Å². The van der Waals surface area contributed by atoms with Gasteiger partial charge in [-0.1, -0.05) is 12.3 Å². The van der Waals surface area contributed by atoms with E-state index in [-0.39, 0.29) is 57.6 Å². The molecule has 0 aliphatic carbocycles. The molecule has 4 atom stereocenters. The number of aliphatic hydroxyl groups excluding tert-OH is 2. The van der Waals surface area contributed by atoms with Crippen LogP contribution in [0.4, 0.5) is 0 Å². The summed E-state index contributed by atoms with van der Waals surface area (Å²) < 4.78 is 0. The number of nitrogens with two attached hydrogens (primary N) is 2. The zero-order valence-electron chi connectivity index (χ0n) is 10.2. The molecule has 4 unspecified atom stereocenters. The average Bonchev–Trinajstić information content (AvgIpc) is 2.17. The number of hydrogen-bond acceptors (Lipinski definition) is 6. The smallest absolute Gasteiger partial charge is 1.00 e. The molecule has 2 aliphatic rings. The van der Waals surface area contributed by atoms with E-state index in [2.05, 4.69) is 21.3 Å². The Morgan fingerprint density at radius 2 is 1.16 bits per heavy atom. The molecule has 2 rings (SSSR count). The van der Waals surface area contributed by atoms with Gasteiger partial charge in [-0.2, -0.15) is 0 Å². The summed E-state index contributed by atoms with van der Waals surface area (Å²) in [6, 6.07) is 0.